The van der Waals surface area contributed by atoms with E-state index in [1.54, 1.807) is 19.2 Å². The van der Waals surface area contributed by atoms with Gasteiger partial charge in [-0.25, -0.2) is 4.79 Å². The van der Waals surface area contributed by atoms with Crippen LogP contribution in [0.4, 0.5) is 5.69 Å². The quantitative estimate of drug-likeness (QED) is 0.365. The molecule has 0 unspecified atom stereocenters. The van der Waals surface area contributed by atoms with Gasteiger partial charge >= 0.3 is 5.97 Å². The van der Waals surface area contributed by atoms with E-state index in [1.807, 2.05) is 26.8 Å². The number of esters is 1. The molecule has 0 heterocycles. The number of methoxy groups -OCH3 is 1. The predicted octanol–water partition coefficient (Wildman–Crippen LogP) is 4.12. The molecule has 0 aliphatic rings. The highest BCUT2D eigenvalue weighted by molar-refractivity contribution is 5.92. The van der Waals surface area contributed by atoms with E-state index in [4.69, 9.17) is 9.47 Å². The zero-order valence-corrected chi connectivity index (χ0v) is 14.0. The van der Waals surface area contributed by atoms with Crippen molar-refractivity contribution in [3.05, 3.63) is 63.7 Å². The third kappa shape index (κ3) is 3.90. The average Bonchev–Trinajstić information content (AvgIpc) is 2.54. The van der Waals surface area contributed by atoms with Gasteiger partial charge in [-0.1, -0.05) is 26.8 Å². The number of hydrogen-bond acceptors (Lipinski definition) is 5. The lowest BCUT2D eigenvalue weighted by atomic mass is 9.86. The zero-order chi connectivity index (χ0) is 17.9. The molecule has 2 aromatic carbocycles. The number of carbonyl (C=O) groups excluding carboxylic acids is 1. The van der Waals surface area contributed by atoms with E-state index in [2.05, 4.69) is 0 Å². The molecule has 126 valence electrons. The smallest absolute Gasteiger partial charge is 0.343 e. The van der Waals surface area contributed by atoms with E-state index >= 15 is 0 Å². The number of carbonyl (C=O) groups is 1. The van der Waals surface area contributed by atoms with Crippen LogP contribution in [0.1, 0.15) is 36.7 Å². The molecule has 2 aromatic rings. The van der Waals surface area contributed by atoms with Gasteiger partial charge in [0.2, 0.25) is 0 Å². The summed E-state index contributed by atoms with van der Waals surface area (Å²) in [5.41, 5.74) is 0.503. The molecule has 6 heteroatoms. The molecule has 0 saturated heterocycles. The van der Waals surface area contributed by atoms with Gasteiger partial charge in [-0.3, -0.25) is 10.1 Å². The summed E-state index contributed by atoms with van der Waals surface area (Å²) in [6.07, 6.45) is 0. The Labute approximate surface area is 140 Å². The van der Waals surface area contributed by atoms with Gasteiger partial charge in [-0.2, -0.15) is 0 Å². The maximum absolute atomic E-state index is 12.3. The molecule has 0 aliphatic carbocycles. The lowest BCUT2D eigenvalue weighted by molar-refractivity contribution is -0.384. The molecule has 0 amide bonds. The van der Waals surface area contributed by atoms with E-state index < -0.39 is 10.9 Å². The first-order valence-electron chi connectivity index (χ1n) is 7.37. The molecule has 0 spiro atoms. The van der Waals surface area contributed by atoms with Gasteiger partial charge in [-0.05, 0) is 29.7 Å². The van der Waals surface area contributed by atoms with Crippen LogP contribution < -0.4 is 9.47 Å². The summed E-state index contributed by atoms with van der Waals surface area (Å²) in [7, 11) is 1.57. The number of non-ortho nitro benzene ring substituents is 1. The lowest BCUT2D eigenvalue weighted by Crippen LogP contribution is -2.16. The molecular formula is C18H19NO5. The lowest BCUT2D eigenvalue weighted by Gasteiger charge is -2.23. The van der Waals surface area contributed by atoms with E-state index in [0.29, 0.717) is 11.5 Å². The molecule has 24 heavy (non-hydrogen) atoms. The third-order valence-corrected chi connectivity index (χ3v) is 3.49. The fourth-order valence-corrected chi connectivity index (χ4v) is 2.22. The molecule has 0 saturated carbocycles. The molecule has 0 atom stereocenters. The highest BCUT2D eigenvalue weighted by Crippen LogP contribution is 2.34. The van der Waals surface area contributed by atoms with E-state index in [1.165, 1.54) is 24.3 Å². The number of ether oxygens (including phenoxy) is 2. The number of benzene rings is 2. The minimum absolute atomic E-state index is 0.125. The van der Waals surface area contributed by atoms with Crippen molar-refractivity contribution in [1.82, 2.24) is 0 Å². The zero-order valence-electron chi connectivity index (χ0n) is 14.0. The molecular weight excluding hydrogens is 310 g/mol. The highest BCUT2D eigenvalue weighted by Gasteiger charge is 2.22. The van der Waals surface area contributed by atoms with Gasteiger partial charge < -0.3 is 9.47 Å². The van der Waals surface area contributed by atoms with Gasteiger partial charge in [0.15, 0.2) is 0 Å². The van der Waals surface area contributed by atoms with E-state index in [0.717, 1.165) is 5.56 Å². The predicted molar refractivity (Wildman–Crippen MR) is 89.7 cm³/mol. The van der Waals surface area contributed by atoms with Crippen LogP contribution in [-0.2, 0) is 5.41 Å². The van der Waals surface area contributed by atoms with Crippen molar-refractivity contribution in [2.45, 2.75) is 26.2 Å². The van der Waals surface area contributed by atoms with Crippen molar-refractivity contribution < 1.29 is 19.2 Å². The van der Waals surface area contributed by atoms with Gasteiger partial charge in [0.25, 0.3) is 5.69 Å². The molecule has 0 fully saturated rings. The van der Waals surface area contributed by atoms with Crippen molar-refractivity contribution >= 4 is 11.7 Å². The number of rotatable bonds is 4. The number of nitrogens with zero attached hydrogens (tertiary/aromatic N) is 1. The first-order chi connectivity index (χ1) is 11.2. The number of nitro benzene ring substituents is 1. The van der Waals surface area contributed by atoms with Crippen molar-refractivity contribution in [3.63, 3.8) is 0 Å². The highest BCUT2D eigenvalue weighted by atomic mass is 16.6. The number of hydrogen-bond donors (Lipinski definition) is 0. The van der Waals surface area contributed by atoms with Crippen LogP contribution in [0.15, 0.2) is 42.5 Å². The van der Waals surface area contributed by atoms with Crippen LogP contribution in [0.5, 0.6) is 11.5 Å². The standard InChI is InChI=1S/C18H19NO5/c1-18(2,3)15-11-14(23-4)8-9-16(15)24-17(20)12-6-5-7-13(10-12)19(21)22/h5-11H,1-4H3. The molecule has 6 nitrogen and oxygen atoms in total. The van der Waals surface area contributed by atoms with Crippen LogP contribution in [0.2, 0.25) is 0 Å². The fourth-order valence-electron chi connectivity index (χ4n) is 2.22. The summed E-state index contributed by atoms with van der Waals surface area (Å²) in [4.78, 5) is 22.6. The first-order valence-corrected chi connectivity index (χ1v) is 7.37. The summed E-state index contributed by atoms with van der Waals surface area (Å²) < 4.78 is 10.7. The van der Waals surface area contributed by atoms with Crippen molar-refractivity contribution in [3.8, 4) is 11.5 Å². The fraction of sp³-hybridized carbons (Fsp3) is 0.278. The third-order valence-electron chi connectivity index (χ3n) is 3.49. The van der Waals surface area contributed by atoms with E-state index in [-0.39, 0.29) is 16.7 Å². The van der Waals surface area contributed by atoms with Crippen LogP contribution in [0, 0.1) is 10.1 Å². The second-order valence-corrected chi connectivity index (χ2v) is 6.31. The molecule has 0 aromatic heterocycles. The van der Waals surface area contributed by atoms with Gasteiger partial charge in [0.1, 0.15) is 11.5 Å². The summed E-state index contributed by atoms with van der Waals surface area (Å²) in [6.45, 7) is 5.98. The van der Waals surface area contributed by atoms with Gasteiger partial charge in [0, 0.05) is 17.7 Å². The van der Waals surface area contributed by atoms with Crippen LogP contribution in [0.25, 0.3) is 0 Å². The Morgan fingerprint density at radius 2 is 1.83 bits per heavy atom. The Bertz CT molecular complexity index is 777. The largest absolute Gasteiger partial charge is 0.497 e. The minimum atomic E-state index is -0.644. The van der Waals surface area contributed by atoms with Crippen LogP contribution in [-0.4, -0.2) is 18.0 Å². The second-order valence-electron chi connectivity index (χ2n) is 6.31. The molecule has 0 aliphatic heterocycles. The van der Waals surface area contributed by atoms with E-state index in [9.17, 15) is 14.9 Å². The normalized spacial score (nSPS) is 11.0. The van der Waals surface area contributed by atoms with Gasteiger partial charge in [0.05, 0.1) is 17.6 Å². The monoisotopic (exact) mass is 329 g/mol. The number of nitro groups is 1. The van der Waals surface area contributed by atoms with Crippen molar-refractivity contribution in [1.29, 1.82) is 0 Å². The van der Waals surface area contributed by atoms with Crippen LogP contribution >= 0.6 is 0 Å². The maximum atomic E-state index is 12.3. The molecule has 2 rings (SSSR count). The molecule has 0 radical (unpaired) electrons. The Kier molecular flexibility index (Phi) is 4.87. The topological polar surface area (TPSA) is 78.7 Å². The van der Waals surface area contributed by atoms with Gasteiger partial charge in [-0.15, -0.1) is 0 Å². The molecule has 0 N–H and O–H groups in total. The maximum Gasteiger partial charge on any atom is 0.343 e. The average molecular weight is 329 g/mol. The SMILES string of the molecule is COc1ccc(OC(=O)c2cccc([N+](=O)[O-])c2)c(C(C)(C)C)c1. The molecule has 0 bridgehead atoms. The Morgan fingerprint density at radius 1 is 1.12 bits per heavy atom. The summed E-state index contributed by atoms with van der Waals surface area (Å²) in [6, 6.07) is 10.6. The summed E-state index contributed by atoms with van der Waals surface area (Å²) in [5, 5.41) is 10.8. The first kappa shape index (κ1) is 17.5. The Balaban J connectivity index is 2.35. The van der Waals surface area contributed by atoms with Crippen molar-refractivity contribution in [2.24, 2.45) is 0 Å². The van der Waals surface area contributed by atoms with Crippen molar-refractivity contribution in [2.75, 3.05) is 7.11 Å². The minimum Gasteiger partial charge on any atom is -0.497 e. The Hall–Kier alpha value is -2.89. The summed E-state index contributed by atoms with van der Waals surface area (Å²) >= 11 is 0. The summed E-state index contributed by atoms with van der Waals surface area (Å²) in [5.74, 6) is 0.421. The Morgan fingerprint density at radius 3 is 2.42 bits per heavy atom. The second kappa shape index (κ2) is 6.70. The van der Waals surface area contributed by atoms with Crippen LogP contribution in [0.3, 0.4) is 0 Å².